The third-order valence-corrected chi connectivity index (χ3v) is 25.2. The van der Waals surface area contributed by atoms with Crippen molar-refractivity contribution in [3.05, 3.63) is 260 Å². The summed E-state index contributed by atoms with van der Waals surface area (Å²) in [7, 11) is -4.99. The largest absolute Gasteiger partial charge is 1.00 e. The van der Waals surface area contributed by atoms with Crippen LogP contribution in [0.4, 0.5) is 0 Å². The number of aliphatic hydroxyl groups excluding tert-OH is 2. The van der Waals surface area contributed by atoms with Gasteiger partial charge in [-0.3, -0.25) is 0 Å². The summed E-state index contributed by atoms with van der Waals surface area (Å²) < 4.78 is 58.7. The maximum Gasteiger partial charge on any atom is 1.00 e. The number of aromatic hydroxyl groups is 1. The van der Waals surface area contributed by atoms with Crippen molar-refractivity contribution in [3.63, 3.8) is 0 Å². The van der Waals surface area contributed by atoms with Crippen LogP contribution in [-0.4, -0.2) is 62.9 Å². The number of benzene rings is 8. The number of rotatable bonds is 12. The normalized spacial score (nSPS) is 29.7. The van der Waals surface area contributed by atoms with E-state index < -0.39 is 62.6 Å². The summed E-state index contributed by atoms with van der Waals surface area (Å²) in [5.41, 5.74) is 22.9. The Morgan fingerprint density at radius 3 is 2.29 bits per heavy atom. The second-order valence-electron chi connectivity index (χ2n) is 29.6. The van der Waals surface area contributed by atoms with E-state index in [0.717, 1.165) is 91.2 Å². The van der Waals surface area contributed by atoms with Crippen LogP contribution in [0.3, 0.4) is 0 Å². The zero-order valence-corrected chi connectivity index (χ0v) is 59.0. The first-order valence-electron chi connectivity index (χ1n) is 35.3. The molecular weight excluding hydrogens is 1250 g/mol. The van der Waals surface area contributed by atoms with Crippen LogP contribution in [0, 0.1) is 53.3 Å². The van der Waals surface area contributed by atoms with Crippen molar-refractivity contribution >= 4 is 26.9 Å². The van der Waals surface area contributed by atoms with E-state index in [1.807, 2.05) is 42.5 Å². The average molecular weight is 1340 g/mol. The van der Waals surface area contributed by atoms with Crippen molar-refractivity contribution in [2.75, 3.05) is 6.61 Å². The molecule has 5 heterocycles. The third kappa shape index (κ3) is 13.4. The molecule has 0 radical (unpaired) electrons. The average Bonchev–Trinajstić information content (AvgIpc) is 0.921. The van der Waals surface area contributed by atoms with Gasteiger partial charge in [0.05, 0.1) is 33.2 Å². The second-order valence-corrected chi connectivity index (χ2v) is 31.2. The molecule has 500 valence electrons. The summed E-state index contributed by atoms with van der Waals surface area (Å²) >= 11 is 0. The number of fused-ring (bicyclic) bond motifs is 11. The second kappa shape index (κ2) is 28.2. The topological polar surface area (TPSA) is 221 Å². The molecule has 0 spiro atoms. The van der Waals surface area contributed by atoms with Crippen LogP contribution in [0.15, 0.2) is 199 Å². The minimum atomic E-state index is -4.99. The summed E-state index contributed by atoms with van der Waals surface area (Å²) in [5.74, 6) is 4.05. The van der Waals surface area contributed by atoms with Crippen LogP contribution in [0.2, 0.25) is 0 Å². The van der Waals surface area contributed by atoms with Gasteiger partial charge in [0, 0.05) is 48.0 Å². The molecule has 4 aliphatic carbocycles. The molecular formula is C84H88N3NaO9S. The summed E-state index contributed by atoms with van der Waals surface area (Å²) in [6.07, 6.45) is 8.93. The first-order valence-corrected chi connectivity index (χ1v) is 36.8. The third-order valence-electron chi connectivity index (χ3n) is 23.9. The zero-order valence-electron chi connectivity index (χ0n) is 56.1. The van der Waals surface area contributed by atoms with Gasteiger partial charge in [0.1, 0.15) is 17.6 Å². The fraction of sp³-hybridized carbons (Fsp3) is 0.393. The van der Waals surface area contributed by atoms with Crippen LogP contribution in [-0.2, 0) is 46.3 Å². The molecule has 8 aromatic rings. The van der Waals surface area contributed by atoms with Crippen molar-refractivity contribution in [1.82, 2.24) is 0 Å². The molecule has 3 fully saturated rings. The van der Waals surface area contributed by atoms with Gasteiger partial charge < -0.3 is 45.9 Å². The number of nitrogens with two attached hydrogens (primary N) is 2. The fourth-order valence-corrected chi connectivity index (χ4v) is 20.4. The molecule has 12 nitrogen and oxygen atoms in total. The first-order chi connectivity index (χ1) is 47.0. The van der Waals surface area contributed by atoms with Gasteiger partial charge in [0.15, 0.2) is 5.96 Å². The quantitative estimate of drug-likeness (QED) is 0.0169. The number of nitrogens with zero attached hydrogens (tertiary/aromatic N) is 1. The number of aliphatic hydroxyl groups is 3. The number of phenolic OH excluding ortho intramolecular Hbond substituents is 1. The molecule has 0 amide bonds. The molecule has 2 saturated carbocycles. The van der Waals surface area contributed by atoms with Crippen molar-refractivity contribution in [2.24, 2.45) is 57.9 Å². The maximum atomic E-state index is 14.6. The maximum absolute atomic E-state index is 14.6. The standard InChI is InChI=1S/C84H89N3O9S.Na/c1-51-22-23-60-44-68-33-36-71(60)74(51)48-79(97(92,93)94)75-46-64-42-63(45-69-39-54(50-88)16-10-19-58-43-67(89)32-35-73(58)81(64)95-69)80(75)56-24-29-66(30-25-56)84(96-68,87-82(85)86)76-37-31-65-28-26-61(49-83(65,91)77(76)40-53-14-6-3-7-15-53)57-27-34-72(62(41-57)38-52-12-4-2-5-13-52)78(90)47-59-20-11-18-55-17-8-9-21-70(55)59;/h2-9,11-15,17-18,20-21,24-25,27,29-30,32-36,41,43-44,46,51,54,61,63,65,69,74-81,88-91H,16,22-23,26,28,31,37-40,42,45,47-50H2,1H3,(H4,85,86,87)(H,92,93,94);/q;+1/p-1/t51-,54-,61-,63+,65+,69+,74-,75+,76-,77+,78-,79+,80-,81+,83-,84+;/m0./s1. The van der Waals surface area contributed by atoms with E-state index in [-0.39, 0.29) is 95.9 Å². The van der Waals surface area contributed by atoms with Gasteiger partial charge in [-0.15, -0.1) is 0 Å². The van der Waals surface area contributed by atoms with Crippen molar-refractivity contribution in [2.45, 2.75) is 156 Å². The van der Waals surface area contributed by atoms with E-state index in [1.54, 1.807) is 12.1 Å². The van der Waals surface area contributed by atoms with E-state index >= 15 is 0 Å². The number of allylic oxidation sites excluding steroid dienone is 1. The minimum absolute atomic E-state index is 0. The van der Waals surface area contributed by atoms with Gasteiger partial charge >= 0.3 is 29.6 Å². The summed E-state index contributed by atoms with van der Waals surface area (Å²) in [6.45, 7) is 2.07. The Bertz CT molecular complexity index is 4470. The molecule has 17 rings (SSSR count). The van der Waals surface area contributed by atoms with Crippen LogP contribution in [0.1, 0.15) is 174 Å². The van der Waals surface area contributed by atoms with E-state index in [4.69, 9.17) is 25.9 Å². The molecule has 1 saturated heterocycles. The summed E-state index contributed by atoms with van der Waals surface area (Å²) in [4.78, 5) is 5.41. The number of aryl methyl sites for hydroxylation is 1. The van der Waals surface area contributed by atoms with Crippen LogP contribution < -0.4 is 45.8 Å². The Balaban J connectivity index is 0.00000821. The molecule has 8 N–H and O–H groups in total. The number of aliphatic imine (C=N–C) groups is 1. The van der Waals surface area contributed by atoms with E-state index in [9.17, 15) is 33.4 Å². The van der Waals surface area contributed by atoms with Crippen molar-refractivity contribution < 1.29 is 72.4 Å². The summed E-state index contributed by atoms with van der Waals surface area (Å²) in [5, 5.41) is 49.4. The first kappa shape index (κ1) is 68.1. The van der Waals surface area contributed by atoms with Gasteiger partial charge in [-0.25, -0.2) is 13.4 Å². The predicted molar refractivity (Wildman–Crippen MR) is 378 cm³/mol. The van der Waals surface area contributed by atoms with E-state index in [0.29, 0.717) is 87.5 Å². The smallest absolute Gasteiger partial charge is 0.748 e. The van der Waals surface area contributed by atoms with Gasteiger partial charge in [-0.2, -0.15) is 0 Å². The number of guanidine groups is 1. The number of phenols is 1. The Morgan fingerprint density at radius 1 is 0.776 bits per heavy atom. The van der Waals surface area contributed by atoms with Gasteiger partial charge in [0.2, 0.25) is 5.72 Å². The molecule has 8 aromatic carbocycles. The van der Waals surface area contributed by atoms with E-state index in [1.165, 1.54) is 0 Å². The Hall–Kier alpha value is -7.06. The molecule has 16 atom stereocenters. The van der Waals surface area contributed by atoms with Crippen molar-refractivity contribution in [3.8, 4) is 23.3 Å². The number of hydrogen-bond donors (Lipinski definition) is 6. The van der Waals surface area contributed by atoms with Gasteiger partial charge in [-0.05, 0) is 221 Å². The SMILES string of the molecule is C[C@H]1CCc2cc3ccc2[C@H]1C[C@@H](S(=O)(=O)[O-])[C@H]1C=C2C[C@H](C[C@H]4C[C@@H](CO)CC#Cc5cc(O)ccc5[C@@H]2O4)[C@@H]1c1ccc(cc1)[C@](N=C(N)N)([C@H]1CC[C@H]2CC[C@H](c4ccc([C@@H](O)Cc5cccc6ccccc56)c(Cc5ccccc5)c4)C[C@@]2(O)[C@@H]1Cc1ccccc1)O3.[Na+]. The Labute approximate surface area is 599 Å². The monoisotopic (exact) mass is 1340 g/mol. The zero-order chi connectivity index (χ0) is 66.7. The molecule has 5 aliphatic heterocycles. The number of ether oxygens (including phenoxy) is 2. The number of hydrogen-bond acceptors (Lipinski definition) is 10. The molecule has 0 aromatic heterocycles. The predicted octanol–water partition coefficient (Wildman–Crippen LogP) is 11.4. The minimum Gasteiger partial charge on any atom is -0.748 e. The van der Waals surface area contributed by atoms with Crippen LogP contribution in [0.5, 0.6) is 11.5 Å². The van der Waals surface area contributed by atoms with Crippen LogP contribution in [0.25, 0.3) is 10.8 Å². The Kier molecular flexibility index (Phi) is 19.6. The molecule has 14 heteroatoms. The molecule has 9 aliphatic rings. The van der Waals surface area contributed by atoms with E-state index in [2.05, 4.69) is 152 Å². The van der Waals surface area contributed by atoms with Crippen LogP contribution >= 0.6 is 0 Å². The molecule has 10 bridgehead atoms. The summed E-state index contributed by atoms with van der Waals surface area (Å²) in [6, 6.07) is 61.6. The molecule has 0 unspecified atom stereocenters. The fourth-order valence-electron chi connectivity index (χ4n) is 19.3. The van der Waals surface area contributed by atoms with Gasteiger partial charge in [0.25, 0.3) is 0 Å². The van der Waals surface area contributed by atoms with Crippen molar-refractivity contribution in [1.29, 1.82) is 0 Å². The van der Waals surface area contributed by atoms with Gasteiger partial charge in [-0.1, -0.05) is 183 Å². The Morgan fingerprint density at radius 2 is 1.51 bits per heavy atom. The molecule has 98 heavy (non-hydrogen) atoms.